The molecule has 0 aliphatic carbocycles. The van der Waals surface area contributed by atoms with Gasteiger partial charge >= 0.3 is 0 Å². The van der Waals surface area contributed by atoms with Gasteiger partial charge in [0.1, 0.15) is 5.76 Å². The Labute approximate surface area is 179 Å². The van der Waals surface area contributed by atoms with Crippen molar-refractivity contribution in [2.75, 3.05) is 20.3 Å². The number of rotatable bonds is 6. The van der Waals surface area contributed by atoms with Crippen molar-refractivity contribution < 1.29 is 19.4 Å². The van der Waals surface area contributed by atoms with Gasteiger partial charge in [0, 0.05) is 30.3 Å². The summed E-state index contributed by atoms with van der Waals surface area (Å²) in [6.07, 6.45) is 0.601. The van der Waals surface area contributed by atoms with Crippen molar-refractivity contribution >= 4 is 33.4 Å². The first-order chi connectivity index (χ1) is 13.9. The van der Waals surface area contributed by atoms with Crippen molar-refractivity contribution in [1.29, 1.82) is 0 Å². The highest BCUT2D eigenvalue weighted by atomic mass is 79.9. The van der Waals surface area contributed by atoms with Crippen LogP contribution >= 0.6 is 15.9 Å². The number of hydrogen-bond donors (Lipinski definition) is 1. The fourth-order valence-corrected chi connectivity index (χ4v) is 3.90. The largest absolute Gasteiger partial charge is 0.507 e. The molecule has 2 aromatic carbocycles. The number of ketones is 1. The SMILES string of the molecule is COCCCN1C(=O)C(=O)/C(=C(/O)c2ccc(Br)c(C)c2)C1c1ccccc1C. The smallest absolute Gasteiger partial charge is 0.295 e. The quantitative estimate of drug-likeness (QED) is 0.299. The Bertz CT molecular complexity index is 983. The fourth-order valence-electron chi connectivity index (χ4n) is 3.65. The van der Waals surface area contributed by atoms with Crippen LogP contribution in [0.5, 0.6) is 0 Å². The molecule has 1 aliphatic heterocycles. The molecule has 0 aromatic heterocycles. The Hall–Kier alpha value is -2.44. The molecule has 3 rings (SSSR count). The van der Waals surface area contributed by atoms with Crippen LogP contribution in [-0.2, 0) is 14.3 Å². The Morgan fingerprint density at radius 1 is 1.14 bits per heavy atom. The third-order valence-corrected chi connectivity index (χ3v) is 6.09. The van der Waals surface area contributed by atoms with Crippen molar-refractivity contribution in [3.63, 3.8) is 0 Å². The summed E-state index contributed by atoms with van der Waals surface area (Å²) in [5, 5.41) is 11.1. The number of carbonyl (C=O) groups excluding carboxylic acids is 2. The maximum atomic E-state index is 13.0. The van der Waals surface area contributed by atoms with E-state index in [0.29, 0.717) is 25.1 Å². The zero-order chi connectivity index (χ0) is 21.1. The van der Waals surface area contributed by atoms with E-state index in [2.05, 4.69) is 15.9 Å². The molecule has 1 aliphatic rings. The van der Waals surface area contributed by atoms with E-state index in [0.717, 1.165) is 21.2 Å². The number of amides is 1. The molecule has 1 heterocycles. The van der Waals surface area contributed by atoms with Gasteiger partial charge in [-0.1, -0.05) is 46.3 Å². The number of carbonyl (C=O) groups is 2. The van der Waals surface area contributed by atoms with Crippen molar-refractivity contribution in [2.24, 2.45) is 0 Å². The Morgan fingerprint density at radius 3 is 2.52 bits per heavy atom. The lowest BCUT2D eigenvalue weighted by Crippen LogP contribution is -2.31. The summed E-state index contributed by atoms with van der Waals surface area (Å²) in [4.78, 5) is 27.3. The van der Waals surface area contributed by atoms with Gasteiger partial charge in [0.25, 0.3) is 11.7 Å². The molecule has 0 saturated carbocycles. The van der Waals surface area contributed by atoms with E-state index in [4.69, 9.17) is 4.74 Å². The number of aryl methyl sites for hydroxylation is 2. The van der Waals surface area contributed by atoms with Crippen LogP contribution in [-0.4, -0.2) is 42.0 Å². The van der Waals surface area contributed by atoms with Gasteiger partial charge in [0.2, 0.25) is 0 Å². The van der Waals surface area contributed by atoms with Crippen molar-refractivity contribution in [2.45, 2.75) is 26.3 Å². The van der Waals surface area contributed by atoms with Crippen LogP contribution in [0.4, 0.5) is 0 Å². The highest BCUT2D eigenvalue weighted by Crippen LogP contribution is 2.40. The van der Waals surface area contributed by atoms with Gasteiger partial charge in [-0.05, 0) is 49.1 Å². The molecule has 1 saturated heterocycles. The number of benzene rings is 2. The van der Waals surface area contributed by atoms with E-state index < -0.39 is 17.7 Å². The second kappa shape index (κ2) is 8.93. The molecule has 152 valence electrons. The van der Waals surface area contributed by atoms with Crippen LogP contribution in [0, 0.1) is 13.8 Å². The highest BCUT2D eigenvalue weighted by molar-refractivity contribution is 9.10. The van der Waals surface area contributed by atoms with E-state index in [1.54, 1.807) is 24.1 Å². The van der Waals surface area contributed by atoms with Crippen molar-refractivity contribution in [3.8, 4) is 0 Å². The molecule has 0 radical (unpaired) electrons. The minimum atomic E-state index is -0.659. The monoisotopic (exact) mass is 457 g/mol. The minimum absolute atomic E-state index is 0.128. The summed E-state index contributed by atoms with van der Waals surface area (Å²) < 4.78 is 6.01. The molecule has 5 nitrogen and oxygen atoms in total. The molecular formula is C23H24BrNO4. The lowest BCUT2D eigenvalue weighted by Gasteiger charge is -2.26. The topological polar surface area (TPSA) is 66.8 Å². The molecular weight excluding hydrogens is 434 g/mol. The summed E-state index contributed by atoms with van der Waals surface area (Å²) in [6.45, 7) is 4.69. The second-order valence-electron chi connectivity index (χ2n) is 7.16. The highest BCUT2D eigenvalue weighted by Gasteiger charge is 2.46. The molecule has 0 spiro atoms. The van der Waals surface area contributed by atoms with Crippen LogP contribution in [0.15, 0.2) is 52.5 Å². The molecule has 1 unspecified atom stereocenters. The number of likely N-dealkylation sites (tertiary alicyclic amines) is 1. The number of aliphatic hydroxyl groups is 1. The normalized spacial score (nSPS) is 18.5. The number of methoxy groups -OCH3 is 1. The molecule has 0 bridgehead atoms. The zero-order valence-electron chi connectivity index (χ0n) is 16.7. The van der Waals surface area contributed by atoms with Crippen molar-refractivity contribution in [3.05, 3.63) is 74.8 Å². The molecule has 1 fully saturated rings. The lowest BCUT2D eigenvalue weighted by molar-refractivity contribution is -0.140. The number of Topliss-reactive ketones (excluding diaryl/α,β-unsaturated/α-hetero) is 1. The first kappa shape index (κ1) is 21.3. The summed E-state index contributed by atoms with van der Waals surface area (Å²) in [7, 11) is 1.60. The maximum absolute atomic E-state index is 13.0. The lowest BCUT2D eigenvalue weighted by atomic mass is 9.92. The standard InChI is InChI=1S/C23H24BrNO4/c1-14-7-4-5-8-17(14)20-19(21(26)16-9-10-18(24)15(2)13-16)22(27)23(28)25(20)11-6-12-29-3/h4-5,7-10,13,20,26H,6,11-12H2,1-3H3/b21-19+. The predicted octanol–water partition coefficient (Wildman–Crippen LogP) is 4.52. The first-order valence-electron chi connectivity index (χ1n) is 9.46. The maximum Gasteiger partial charge on any atom is 0.295 e. The van der Waals surface area contributed by atoms with Crippen molar-refractivity contribution in [1.82, 2.24) is 4.90 Å². The van der Waals surface area contributed by atoms with Gasteiger partial charge in [0.05, 0.1) is 11.6 Å². The van der Waals surface area contributed by atoms with Crippen LogP contribution < -0.4 is 0 Å². The Kier molecular flexibility index (Phi) is 6.55. The van der Waals surface area contributed by atoms with E-state index >= 15 is 0 Å². The Balaban J connectivity index is 2.16. The molecule has 2 aromatic rings. The minimum Gasteiger partial charge on any atom is -0.507 e. The second-order valence-corrected chi connectivity index (χ2v) is 8.01. The van der Waals surface area contributed by atoms with Gasteiger partial charge in [-0.15, -0.1) is 0 Å². The fraction of sp³-hybridized carbons (Fsp3) is 0.304. The average molecular weight is 458 g/mol. The number of hydrogen-bond acceptors (Lipinski definition) is 4. The number of ether oxygens (including phenoxy) is 1. The molecule has 1 atom stereocenters. The van der Waals surface area contributed by atoms with Crippen LogP contribution in [0.2, 0.25) is 0 Å². The molecule has 29 heavy (non-hydrogen) atoms. The van der Waals surface area contributed by atoms with Crippen LogP contribution in [0.25, 0.3) is 5.76 Å². The average Bonchev–Trinajstić information content (AvgIpc) is 2.95. The third kappa shape index (κ3) is 4.14. The van der Waals surface area contributed by atoms with Gasteiger partial charge in [-0.3, -0.25) is 9.59 Å². The van der Waals surface area contributed by atoms with Gasteiger partial charge in [0.15, 0.2) is 0 Å². The van der Waals surface area contributed by atoms with Gasteiger partial charge in [-0.2, -0.15) is 0 Å². The van der Waals surface area contributed by atoms with E-state index in [1.165, 1.54) is 0 Å². The summed E-state index contributed by atoms with van der Waals surface area (Å²) >= 11 is 3.45. The first-order valence-corrected chi connectivity index (χ1v) is 10.3. The van der Waals surface area contributed by atoms with Crippen LogP contribution in [0.1, 0.15) is 34.7 Å². The predicted molar refractivity (Wildman–Crippen MR) is 116 cm³/mol. The number of aliphatic hydroxyl groups excluding tert-OH is 1. The van der Waals surface area contributed by atoms with Gasteiger partial charge < -0.3 is 14.7 Å². The zero-order valence-corrected chi connectivity index (χ0v) is 18.3. The number of nitrogens with zero attached hydrogens (tertiary/aromatic N) is 1. The third-order valence-electron chi connectivity index (χ3n) is 5.20. The van der Waals surface area contributed by atoms with Crippen LogP contribution in [0.3, 0.4) is 0 Å². The van der Waals surface area contributed by atoms with E-state index in [-0.39, 0.29) is 11.3 Å². The Morgan fingerprint density at radius 2 is 1.86 bits per heavy atom. The van der Waals surface area contributed by atoms with E-state index in [1.807, 2.05) is 44.2 Å². The summed E-state index contributed by atoms with van der Waals surface area (Å²) in [5.41, 5.74) is 3.35. The van der Waals surface area contributed by atoms with E-state index in [9.17, 15) is 14.7 Å². The molecule has 6 heteroatoms. The summed E-state index contributed by atoms with van der Waals surface area (Å²) in [6, 6.07) is 12.4. The number of halogens is 1. The summed E-state index contributed by atoms with van der Waals surface area (Å²) in [5.74, 6) is -1.40. The molecule has 1 N–H and O–H groups in total. The molecule has 1 amide bonds. The van der Waals surface area contributed by atoms with Gasteiger partial charge in [-0.25, -0.2) is 0 Å².